The number of hydrogen-bond donors (Lipinski definition) is 1. The normalized spacial score (nSPS) is 36.2. The van der Waals surface area contributed by atoms with Crippen LogP contribution in [0.1, 0.15) is 236 Å². The number of phosphoric acid groups is 1. The molecule has 0 aliphatic heterocycles. The van der Waals surface area contributed by atoms with E-state index in [4.69, 9.17) is 28.0 Å². The second-order valence-electron chi connectivity index (χ2n) is 31.7. The third-order valence-corrected chi connectivity index (χ3v) is 25.3. The molecule has 0 bridgehead atoms. The number of carbonyl (C=O) groups is 4. The zero-order valence-electron chi connectivity index (χ0n) is 54.9. The minimum Gasteiger partial charge on any atom is -0.462 e. The summed E-state index contributed by atoms with van der Waals surface area (Å²) >= 11 is 0. The molecule has 6 fully saturated rings. The van der Waals surface area contributed by atoms with Gasteiger partial charge in [-0.05, 0) is 183 Å². The summed E-state index contributed by atoms with van der Waals surface area (Å²) in [5.74, 6) is 6.54. The molecule has 0 spiro atoms. The predicted octanol–water partition coefficient (Wildman–Crippen LogP) is 15.7. The highest BCUT2D eigenvalue weighted by molar-refractivity contribution is 7.47. The molecule has 0 aromatic rings. The van der Waals surface area contributed by atoms with E-state index in [9.17, 15) is 28.6 Å². The van der Waals surface area contributed by atoms with E-state index in [1.54, 1.807) is 0 Å². The van der Waals surface area contributed by atoms with Crippen LogP contribution in [0.25, 0.3) is 0 Å². The van der Waals surface area contributed by atoms with Crippen molar-refractivity contribution in [1.29, 1.82) is 0 Å². The highest BCUT2D eigenvalue weighted by Gasteiger charge is 2.61. The summed E-state index contributed by atoms with van der Waals surface area (Å²) in [7, 11) is 1.16. The number of carbonyl (C=O) groups excluding carboxylic acids is 4. The quantitative estimate of drug-likeness (QED) is 0.0260. The molecular weight excluding hydrogens is 1080 g/mol. The van der Waals surface area contributed by atoms with Gasteiger partial charge in [-0.2, -0.15) is 0 Å². The summed E-state index contributed by atoms with van der Waals surface area (Å²) < 4.78 is 47.1. The molecule has 3 unspecified atom stereocenters. The topological polar surface area (TPSA) is 161 Å². The summed E-state index contributed by atoms with van der Waals surface area (Å²) in [5.41, 5.74) is 3.93. The van der Waals surface area contributed by atoms with E-state index in [2.05, 4.69) is 81.4 Å². The summed E-state index contributed by atoms with van der Waals surface area (Å²) in [6.07, 6.45) is 28.0. The number of nitrogens with zero attached hydrogens (tertiary/aromatic N) is 1. The third kappa shape index (κ3) is 16.1. The molecule has 478 valence electrons. The highest BCUT2D eigenvalue weighted by atomic mass is 31.2. The standard InChI is InChI=1S/C70H116NO12P/c1-46(2)16-14-18-48(5)57-24-26-59-55-22-20-50-42-52(32-36-67(50,7)61(55)34-38-69(57,59)9)81-64(73)29-28-63(72)78-44-54(45-80-84(76,77)79-41-40-71(11,12)13)83-66(75)31-30-65(74)82-53-33-37-68(8)51(43-53)21-23-56-60-27-25-58(49(6)19-15-17-47(3)4)70(60,10)39-35-62(56)68/h20-21,46-49,52-62H,14-19,22-45H2,1-13H3/p+1/t48-,49-,52?,53?,54-,55+,56+,57-,58-,59+,60+,61+,62+,67+,68+,69-,70-/m1/s1. The molecule has 8 aliphatic rings. The Morgan fingerprint density at radius 3 is 1.48 bits per heavy atom. The van der Waals surface area contributed by atoms with Crippen LogP contribution in [-0.2, 0) is 51.7 Å². The van der Waals surface area contributed by atoms with Gasteiger partial charge in [-0.25, -0.2) is 4.57 Å². The van der Waals surface area contributed by atoms with Crippen molar-refractivity contribution in [3.05, 3.63) is 23.3 Å². The van der Waals surface area contributed by atoms with Crippen molar-refractivity contribution in [1.82, 2.24) is 0 Å². The maximum Gasteiger partial charge on any atom is 0.472 e. The molecule has 8 aliphatic carbocycles. The number of likely N-dealkylation sites (N-methyl/N-ethyl adjacent to an activating group) is 1. The maximum atomic E-state index is 13.4. The number of esters is 4. The van der Waals surface area contributed by atoms with Crippen molar-refractivity contribution in [2.45, 2.75) is 254 Å². The molecule has 84 heavy (non-hydrogen) atoms. The fourth-order valence-electron chi connectivity index (χ4n) is 19.7. The van der Waals surface area contributed by atoms with Gasteiger partial charge in [-0.3, -0.25) is 28.2 Å². The van der Waals surface area contributed by atoms with Crippen LogP contribution in [-0.4, -0.2) is 99.1 Å². The first-order valence-electron chi connectivity index (χ1n) is 34.1. The first kappa shape index (κ1) is 67.4. The van der Waals surface area contributed by atoms with Crippen LogP contribution in [0.3, 0.4) is 0 Å². The van der Waals surface area contributed by atoms with Crippen LogP contribution in [0.15, 0.2) is 23.3 Å². The van der Waals surface area contributed by atoms with Gasteiger partial charge in [-0.1, -0.05) is 131 Å². The van der Waals surface area contributed by atoms with Gasteiger partial charge in [0, 0.05) is 12.8 Å². The Labute approximate surface area is 508 Å². The summed E-state index contributed by atoms with van der Waals surface area (Å²) in [4.78, 5) is 63.7. The minimum atomic E-state index is -4.59. The fraction of sp³-hybridized carbons (Fsp3) is 0.886. The average molecular weight is 1200 g/mol. The SMILES string of the molecule is CC(C)CCC[C@@H](C)[C@H]1CC[C@H]2[C@@H]3CC=C4CC(OC(=O)CCC(=O)OC[C@H](COP(=O)(O)OCC[N+](C)(C)C)OC(=O)CCC(=O)OC5CC[C@@]6(C)C(=CC[C@H]7[C@@H]8CC[C@H]([C@H](C)CCCC(C)C)[C@@]8(C)CC[C@@H]76)C5)CC[C@]4(C)[C@H]3CC[C@]12C. The van der Waals surface area contributed by atoms with E-state index in [-0.39, 0.29) is 55.3 Å². The molecule has 0 saturated heterocycles. The lowest BCUT2D eigenvalue weighted by molar-refractivity contribution is -0.870. The van der Waals surface area contributed by atoms with Gasteiger partial charge >= 0.3 is 31.7 Å². The van der Waals surface area contributed by atoms with E-state index < -0.39 is 51.0 Å². The molecule has 18 atom stereocenters. The lowest BCUT2D eigenvalue weighted by Gasteiger charge is -2.58. The Hall–Kier alpha value is -2.57. The van der Waals surface area contributed by atoms with Gasteiger partial charge in [0.2, 0.25) is 0 Å². The fourth-order valence-corrected chi connectivity index (χ4v) is 20.4. The van der Waals surface area contributed by atoms with Crippen LogP contribution in [0.5, 0.6) is 0 Å². The second kappa shape index (κ2) is 28.1. The molecular formula is C70H117NO12P+. The lowest BCUT2D eigenvalue weighted by Crippen LogP contribution is -2.51. The zero-order valence-corrected chi connectivity index (χ0v) is 55.8. The number of fused-ring (bicyclic) bond motifs is 10. The molecule has 1 N–H and O–H groups in total. The maximum absolute atomic E-state index is 13.4. The highest BCUT2D eigenvalue weighted by Crippen LogP contribution is 2.69. The van der Waals surface area contributed by atoms with Crippen molar-refractivity contribution < 1.29 is 61.1 Å². The van der Waals surface area contributed by atoms with Crippen molar-refractivity contribution in [3.63, 3.8) is 0 Å². The number of quaternary nitrogens is 1. The minimum absolute atomic E-state index is 0.0659. The second-order valence-corrected chi connectivity index (χ2v) is 33.1. The van der Waals surface area contributed by atoms with Gasteiger partial charge in [0.25, 0.3) is 0 Å². The van der Waals surface area contributed by atoms with Crippen molar-refractivity contribution in [2.24, 2.45) is 92.7 Å². The Balaban J connectivity index is 0.781. The monoisotopic (exact) mass is 1190 g/mol. The van der Waals surface area contributed by atoms with Crippen molar-refractivity contribution >= 4 is 31.7 Å². The Kier molecular flexibility index (Phi) is 22.5. The molecule has 8 rings (SSSR count). The molecule has 0 aromatic carbocycles. The molecule has 13 nitrogen and oxygen atoms in total. The number of rotatable bonds is 28. The molecule has 14 heteroatoms. The largest absolute Gasteiger partial charge is 0.472 e. The summed E-state index contributed by atoms with van der Waals surface area (Å²) in [6.45, 7) is 23.9. The lowest BCUT2D eigenvalue weighted by atomic mass is 9.47. The van der Waals surface area contributed by atoms with Crippen molar-refractivity contribution in [2.75, 3.05) is 47.5 Å². The molecule has 0 amide bonds. The van der Waals surface area contributed by atoms with E-state index in [0.717, 1.165) is 92.3 Å². The summed E-state index contributed by atoms with van der Waals surface area (Å²) in [6, 6.07) is 0. The average Bonchev–Trinajstić information content (AvgIpc) is 2.07. The molecule has 0 heterocycles. The number of ether oxygens (including phenoxy) is 4. The van der Waals surface area contributed by atoms with Gasteiger partial charge in [-0.15, -0.1) is 0 Å². The van der Waals surface area contributed by atoms with Gasteiger partial charge < -0.3 is 28.3 Å². The number of allylic oxidation sites excluding steroid dienone is 2. The molecule has 6 saturated carbocycles. The summed E-state index contributed by atoms with van der Waals surface area (Å²) in [5, 5.41) is 0. The van der Waals surface area contributed by atoms with Gasteiger partial charge in [0.1, 0.15) is 32.0 Å². The first-order valence-corrected chi connectivity index (χ1v) is 35.6. The van der Waals surface area contributed by atoms with Crippen LogP contribution in [0.2, 0.25) is 0 Å². The molecule has 0 radical (unpaired) electrons. The van der Waals surface area contributed by atoms with Crippen molar-refractivity contribution in [3.8, 4) is 0 Å². The smallest absolute Gasteiger partial charge is 0.462 e. The Morgan fingerprint density at radius 2 is 1.02 bits per heavy atom. The van der Waals surface area contributed by atoms with Crippen LogP contribution < -0.4 is 0 Å². The van der Waals surface area contributed by atoms with Gasteiger partial charge in [0.15, 0.2) is 6.10 Å². The molecule has 0 aromatic heterocycles. The number of phosphoric ester groups is 1. The van der Waals surface area contributed by atoms with E-state index in [1.807, 2.05) is 21.1 Å². The first-order chi connectivity index (χ1) is 39.5. The van der Waals surface area contributed by atoms with E-state index >= 15 is 0 Å². The number of hydrogen-bond acceptors (Lipinski definition) is 11. The van der Waals surface area contributed by atoms with Crippen LogP contribution in [0, 0.1) is 92.7 Å². The third-order valence-electron chi connectivity index (χ3n) is 24.4. The Morgan fingerprint density at radius 1 is 0.571 bits per heavy atom. The van der Waals surface area contributed by atoms with Crippen LogP contribution in [0.4, 0.5) is 0 Å². The van der Waals surface area contributed by atoms with E-state index in [1.165, 1.54) is 101 Å². The predicted molar refractivity (Wildman–Crippen MR) is 330 cm³/mol. The van der Waals surface area contributed by atoms with Gasteiger partial charge in [0.05, 0.1) is 53.4 Å². The van der Waals surface area contributed by atoms with Crippen LogP contribution >= 0.6 is 7.82 Å². The zero-order chi connectivity index (χ0) is 61.0. The van der Waals surface area contributed by atoms with E-state index in [0.29, 0.717) is 52.0 Å². The Bertz CT molecular complexity index is 2380.